The van der Waals surface area contributed by atoms with Crippen LogP contribution in [-0.4, -0.2) is 18.6 Å². The number of esters is 1. The molecule has 0 radical (unpaired) electrons. The Kier molecular flexibility index (Phi) is 2.94. The molecule has 0 saturated carbocycles. The van der Waals surface area contributed by atoms with Gasteiger partial charge in [0.2, 0.25) is 0 Å². The summed E-state index contributed by atoms with van der Waals surface area (Å²) in [6.45, 7) is 8.49. The summed E-state index contributed by atoms with van der Waals surface area (Å²) in [6, 6.07) is 0. The van der Waals surface area contributed by atoms with Crippen LogP contribution in [-0.2, 0) is 16.7 Å². The molecule has 1 aliphatic rings. The predicted octanol–water partition coefficient (Wildman–Crippen LogP) is 2.28. The summed E-state index contributed by atoms with van der Waals surface area (Å²) < 4.78 is 4.85. The van der Waals surface area contributed by atoms with Crippen LogP contribution in [0.3, 0.4) is 0 Å². The van der Waals surface area contributed by atoms with Gasteiger partial charge in [0.05, 0.1) is 12.7 Å². The highest BCUT2D eigenvalue weighted by Gasteiger charge is 2.41. The standard InChI is InChI=1S/C13H20N2O2S/c1-12(2)6-7-8(11(16)17-5)10(14)18-9(7)13(3,4)15-12/h15H,6,14H2,1-5H3. The van der Waals surface area contributed by atoms with E-state index in [1.807, 2.05) is 0 Å². The number of nitrogens with two attached hydrogens (primary N) is 1. The van der Waals surface area contributed by atoms with Crippen LogP contribution in [0.2, 0.25) is 0 Å². The van der Waals surface area contributed by atoms with Crippen LogP contribution in [0.15, 0.2) is 0 Å². The molecular formula is C13H20N2O2S. The van der Waals surface area contributed by atoms with Crippen LogP contribution < -0.4 is 11.1 Å². The summed E-state index contributed by atoms with van der Waals surface area (Å²) in [5.41, 5.74) is 7.35. The minimum atomic E-state index is -0.335. The SMILES string of the molecule is COC(=O)c1c(N)sc2c1CC(C)(C)NC2(C)C. The number of carbonyl (C=O) groups is 1. The van der Waals surface area contributed by atoms with Crippen molar-refractivity contribution in [1.82, 2.24) is 5.32 Å². The van der Waals surface area contributed by atoms with Gasteiger partial charge in [-0.2, -0.15) is 0 Å². The second-order valence-corrected chi connectivity index (χ2v) is 7.00. The van der Waals surface area contributed by atoms with Crippen molar-refractivity contribution in [1.29, 1.82) is 0 Å². The van der Waals surface area contributed by atoms with Gasteiger partial charge in [-0.15, -0.1) is 11.3 Å². The van der Waals surface area contributed by atoms with Gasteiger partial charge in [-0.25, -0.2) is 4.79 Å². The van der Waals surface area contributed by atoms with Crippen molar-refractivity contribution < 1.29 is 9.53 Å². The molecule has 18 heavy (non-hydrogen) atoms. The van der Waals surface area contributed by atoms with E-state index < -0.39 is 0 Å². The fourth-order valence-electron chi connectivity index (χ4n) is 2.87. The van der Waals surface area contributed by atoms with E-state index in [9.17, 15) is 4.79 Å². The van der Waals surface area contributed by atoms with Gasteiger partial charge >= 0.3 is 5.97 Å². The van der Waals surface area contributed by atoms with Crippen molar-refractivity contribution in [3.63, 3.8) is 0 Å². The average molecular weight is 268 g/mol. The van der Waals surface area contributed by atoms with Crippen LogP contribution >= 0.6 is 11.3 Å². The summed E-state index contributed by atoms with van der Waals surface area (Å²) in [7, 11) is 1.39. The number of nitrogen functional groups attached to an aromatic ring is 1. The third kappa shape index (κ3) is 2.01. The number of fused-ring (bicyclic) bond motifs is 1. The van der Waals surface area contributed by atoms with Gasteiger partial charge in [0.15, 0.2) is 0 Å². The van der Waals surface area contributed by atoms with Crippen LogP contribution in [0.5, 0.6) is 0 Å². The first-order valence-electron chi connectivity index (χ1n) is 5.97. The van der Waals surface area contributed by atoms with Crippen LogP contribution in [0.25, 0.3) is 0 Å². The molecule has 0 unspecified atom stereocenters. The number of thiophene rings is 1. The van der Waals surface area contributed by atoms with Crippen LogP contribution in [0, 0.1) is 0 Å². The summed E-state index contributed by atoms with van der Waals surface area (Å²) >= 11 is 1.48. The van der Waals surface area contributed by atoms with Gasteiger partial charge in [0, 0.05) is 16.0 Å². The molecule has 0 aromatic carbocycles. The molecule has 1 aliphatic heterocycles. The van der Waals surface area contributed by atoms with Gasteiger partial charge in [0.25, 0.3) is 0 Å². The molecular weight excluding hydrogens is 248 g/mol. The highest BCUT2D eigenvalue weighted by atomic mass is 32.1. The lowest BCUT2D eigenvalue weighted by molar-refractivity contribution is 0.0600. The zero-order chi connectivity index (χ0) is 13.7. The Morgan fingerprint density at radius 1 is 1.39 bits per heavy atom. The Hall–Kier alpha value is -1.07. The number of anilines is 1. The van der Waals surface area contributed by atoms with E-state index in [-0.39, 0.29) is 17.0 Å². The average Bonchev–Trinajstić information content (AvgIpc) is 2.52. The van der Waals surface area contributed by atoms with Crippen molar-refractivity contribution in [2.75, 3.05) is 12.8 Å². The Balaban J connectivity index is 2.63. The van der Waals surface area contributed by atoms with E-state index in [2.05, 4.69) is 33.0 Å². The minimum absolute atomic E-state index is 0.0627. The number of hydrogen-bond acceptors (Lipinski definition) is 5. The first kappa shape index (κ1) is 13.4. The predicted molar refractivity (Wildman–Crippen MR) is 74.0 cm³/mol. The molecule has 2 heterocycles. The summed E-state index contributed by atoms with van der Waals surface area (Å²) in [6.07, 6.45) is 0.782. The van der Waals surface area contributed by atoms with Crippen LogP contribution in [0.4, 0.5) is 5.00 Å². The van der Waals surface area contributed by atoms with Gasteiger partial charge in [-0.1, -0.05) is 0 Å². The smallest absolute Gasteiger partial charge is 0.341 e. The normalized spacial score (nSPS) is 20.3. The Bertz CT molecular complexity index is 503. The molecule has 0 saturated heterocycles. The van der Waals surface area contributed by atoms with Crippen molar-refractivity contribution in [3.8, 4) is 0 Å². The van der Waals surface area contributed by atoms with Crippen LogP contribution in [0.1, 0.15) is 48.5 Å². The molecule has 4 nitrogen and oxygen atoms in total. The Labute approximate surface area is 112 Å². The van der Waals surface area contributed by atoms with E-state index in [0.29, 0.717) is 10.6 Å². The lowest BCUT2D eigenvalue weighted by atomic mass is 9.81. The molecule has 3 N–H and O–H groups in total. The Morgan fingerprint density at radius 3 is 2.56 bits per heavy atom. The number of ether oxygens (including phenoxy) is 1. The molecule has 0 bridgehead atoms. The zero-order valence-corrected chi connectivity index (χ0v) is 12.3. The third-order valence-corrected chi connectivity index (χ3v) is 4.65. The fourth-order valence-corrected chi connectivity index (χ4v) is 4.01. The molecule has 0 aliphatic carbocycles. The maximum absolute atomic E-state index is 11.9. The molecule has 0 amide bonds. The number of rotatable bonds is 1. The summed E-state index contributed by atoms with van der Waals surface area (Å²) in [4.78, 5) is 13.0. The lowest BCUT2D eigenvalue weighted by Gasteiger charge is -2.42. The van der Waals surface area contributed by atoms with Gasteiger partial charge in [-0.3, -0.25) is 0 Å². The highest BCUT2D eigenvalue weighted by Crippen LogP contribution is 2.43. The topological polar surface area (TPSA) is 64.3 Å². The second-order valence-electron chi connectivity index (χ2n) is 5.95. The van der Waals surface area contributed by atoms with E-state index >= 15 is 0 Å². The van der Waals surface area contributed by atoms with Crippen molar-refractivity contribution in [3.05, 3.63) is 16.0 Å². The lowest BCUT2D eigenvalue weighted by Crippen LogP contribution is -2.55. The van der Waals surface area contributed by atoms with E-state index in [1.54, 1.807) is 0 Å². The van der Waals surface area contributed by atoms with E-state index in [0.717, 1.165) is 16.9 Å². The van der Waals surface area contributed by atoms with Crippen molar-refractivity contribution in [2.24, 2.45) is 0 Å². The fraction of sp³-hybridized carbons (Fsp3) is 0.615. The minimum Gasteiger partial charge on any atom is -0.465 e. The number of carbonyl (C=O) groups excluding carboxylic acids is 1. The van der Waals surface area contributed by atoms with Gasteiger partial charge < -0.3 is 15.8 Å². The number of nitrogens with one attached hydrogen (secondary N) is 1. The zero-order valence-electron chi connectivity index (χ0n) is 11.5. The Morgan fingerprint density at radius 2 is 2.00 bits per heavy atom. The summed E-state index contributed by atoms with van der Waals surface area (Å²) in [5, 5.41) is 4.14. The molecule has 0 fully saturated rings. The first-order valence-corrected chi connectivity index (χ1v) is 6.79. The number of methoxy groups -OCH3 is 1. The largest absolute Gasteiger partial charge is 0.465 e. The maximum Gasteiger partial charge on any atom is 0.341 e. The molecule has 0 atom stereocenters. The van der Waals surface area contributed by atoms with Crippen molar-refractivity contribution >= 4 is 22.3 Å². The molecule has 1 aromatic rings. The first-order chi connectivity index (χ1) is 8.18. The monoisotopic (exact) mass is 268 g/mol. The van der Waals surface area contributed by atoms with Gasteiger partial charge in [0.1, 0.15) is 5.00 Å². The summed E-state index contributed by atoms with van der Waals surface area (Å²) in [5.74, 6) is -0.335. The molecule has 100 valence electrons. The molecule has 2 rings (SSSR count). The van der Waals surface area contributed by atoms with E-state index in [1.165, 1.54) is 18.4 Å². The second kappa shape index (κ2) is 3.96. The quantitative estimate of drug-likeness (QED) is 0.767. The van der Waals surface area contributed by atoms with Crippen molar-refractivity contribution in [2.45, 2.75) is 45.2 Å². The molecule has 1 aromatic heterocycles. The van der Waals surface area contributed by atoms with E-state index in [4.69, 9.17) is 10.5 Å². The molecule has 0 spiro atoms. The number of hydrogen-bond donors (Lipinski definition) is 2. The molecule has 5 heteroatoms. The maximum atomic E-state index is 11.9. The highest BCUT2D eigenvalue weighted by molar-refractivity contribution is 7.16. The van der Waals surface area contributed by atoms with Gasteiger partial charge in [-0.05, 0) is 39.7 Å². The third-order valence-electron chi connectivity index (χ3n) is 3.26.